The minimum Gasteiger partial charge on any atom is -0.490 e. The van der Waals surface area contributed by atoms with Crippen molar-refractivity contribution in [3.8, 4) is 11.5 Å². The second kappa shape index (κ2) is 13.6. The highest BCUT2D eigenvalue weighted by molar-refractivity contribution is 5.96. The fourth-order valence-electron chi connectivity index (χ4n) is 3.55. The molecule has 6 N–H and O–H groups in total. The quantitative estimate of drug-likeness (QED) is 0.138. The van der Waals surface area contributed by atoms with Gasteiger partial charge in [0.25, 0.3) is 17.7 Å². The first-order valence-electron chi connectivity index (χ1n) is 12.4. The average molecular weight is 548 g/mol. The molecule has 0 saturated heterocycles. The van der Waals surface area contributed by atoms with Crippen molar-refractivity contribution in [2.45, 2.75) is 19.9 Å². The van der Waals surface area contributed by atoms with Crippen LogP contribution >= 0.6 is 0 Å². The van der Waals surface area contributed by atoms with E-state index in [2.05, 4.69) is 21.2 Å². The number of amidine groups is 1. The molecule has 0 spiro atoms. The molecule has 0 fully saturated rings. The number of likely N-dealkylation sites (N-methyl/N-ethyl adjacent to an activating group) is 1. The first-order valence-corrected chi connectivity index (χ1v) is 12.4. The lowest BCUT2D eigenvalue weighted by Crippen LogP contribution is -2.45. The summed E-state index contributed by atoms with van der Waals surface area (Å²) >= 11 is 0. The number of rotatable bonds is 11. The second-order valence-electron chi connectivity index (χ2n) is 8.90. The maximum atomic E-state index is 13.4. The van der Waals surface area contributed by atoms with Crippen LogP contribution in [0.1, 0.15) is 40.1 Å². The van der Waals surface area contributed by atoms with E-state index in [1.54, 1.807) is 82.5 Å². The van der Waals surface area contributed by atoms with Crippen LogP contribution in [-0.4, -0.2) is 60.8 Å². The summed E-state index contributed by atoms with van der Waals surface area (Å²) < 4.78 is 11.4. The lowest BCUT2D eigenvalue weighted by molar-refractivity contribution is -0.130. The first kappa shape index (κ1) is 29.4. The van der Waals surface area contributed by atoms with Gasteiger partial charge in [-0.15, -0.1) is 0 Å². The molecule has 1 unspecified atom stereocenters. The molecule has 210 valence electrons. The average Bonchev–Trinajstić information content (AvgIpc) is 2.94. The highest BCUT2D eigenvalue weighted by atomic mass is 16.5. The summed E-state index contributed by atoms with van der Waals surface area (Å²) in [5.41, 5.74) is 12.8. The van der Waals surface area contributed by atoms with Gasteiger partial charge >= 0.3 is 0 Å². The van der Waals surface area contributed by atoms with Crippen molar-refractivity contribution in [2.75, 3.05) is 32.6 Å². The summed E-state index contributed by atoms with van der Waals surface area (Å²) in [4.78, 5) is 43.5. The minimum atomic E-state index is -0.995. The van der Waals surface area contributed by atoms with Gasteiger partial charge < -0.3 is 25.4 Å². The number of hydrazine groups is 1. The Bertz CT molecular complexity index is 1380. The molecule has 0 aliphatic rings. The summed E-state index contributed by atoms with van der Waals surface area (Å²) in [6.45, 7) is 3.67. The van der Waals surface area contributed by atoms with Gasteiger partial charge in [-0.1, -0.05) is 12.1 Å². The van der Waals surface area contributed by atoms with E-state index in [4.69, 9.17) is 20.6 Å². The monoisotopic (exact) mass is 547 g/mol. The maximum absolute atomic E-state index is 13.4. The lowest BCUT2D eigenvalue weighted by Gasteiger charge is -2.22. The van der Waals surface area contributed by atoms with Crippen molar-refractivity contribution in [3.63, 3.8) is 0 Å². The molecule has 0 bridgehead atoms. The van der Waals surface area contributed by atoms with Crippen LogP contribution in [0.5, 0.6) is 11.5 Å². The number of nitrogens with two attached hydrogens (primary N) is 1. The van der Waals surface area contributed by atoms with Gasteiger partial charge in [0.15, 0.2) is 18.1 Å². The molecule has 0 saturated carbocycles. The number of carbonyl (C=O) groups excluding carboxylic acids is 3. The molecule has 3 rings (SSSR count). The Morgan fingerprint density at radius 2 is 1.75 bits per heavy atom. The second-order valence-corrected chi connectivity index (χ2v) is 8.90. The molecule has 0 aliphatic carbocycles. The number of nitrogens with one attached hydrogen (secondary N) is 4. The largest absolute Gasteiger partial charge is 0.490 e. The molecule has 1 aromatic heterocycles. The van der Waals surface area contributed by atoms with Crippen LogP contribution in [-0.2, 0) is 9.59 Å². The van der Waals surface area contributed by atoms with Crippen LogP contribution in [0.15, 0.2) is 60.8 Å². The lowest BCUT2D eigenvalue weighted by atomic mass is 10.0. The number of hydrogen-bond acceptors (Lipinski definition) is 8. The predicted octanol–water partition coefficient (Wildman–Crippen LogP) is 2.15. The highest BCUT2D eigenvalue weighted by Gasteiger charge is 2.24. The Morgan fingerprint density at radius 3 is 2.38 bits per heavy atom. The van der Waals surface area contributed by atoms with E-state index in [0.29, 0.717) is 40.5 Å². The molecule has 0 radical (unpaired) electrons. The molecule has 0 aliphatic heterocycles. The van der Waals surface area contributed by atoms with Crippen LogP contribution in [0.2, 0.25) is 0 Å². The Morgan fingerprint density at radius 1 is 1.02 bits per heavy atom. The molecular formula is C28H33N7O5. The van der Waals surface area contributed by atoms with Crippen molar-refractivity contribution in [1.29, 1.82) is 5.41 Å². The number of anilines is 1. The van der Waals surface area contributed by atoms with Gasteiger partial charge in [0, 0.05) is 31.5 Å². The Kier molecular flexibility index (Phi) is 10.0. The Labute approximate surface area is 232 Å². The topological polar surface area (TPSA) is 172 Å². The van der Waals surface area contributed by atoms with Crippen molar-refractivity contribution < 1.29 is 23.9 Å². The number of aryl methyl sites for hydroxylation is 1. The number of carbonyl (C=O) groups is 3. The zero-order valence-electron chi connectivity index (χ0n) is 22.8. The number of ether oxygens (including phenoxy) is 2. The van der Waals surface area contributed by atoms with Crippen LogP contribution in [0, 0.1) is 12.3 Å². The minimum absolute atomic E-state index is 0.0851. The van der Waals surface area contributed by atoms with Gasteiger partial charge in [-0.2, -0.15) is 0 Å². The molecule has 3 aromatic rings. The molecule has 1 heterocycles. The van der Waals surface area contributed by atoms with Crippen molar-refractivity contribution in [1.82, 2.24) is 20.7 Å². The van der Waals surface area contributed by atoms with E-state index in [9.17, 15) is 14.4 Å². The van der Waals surface area contributed by atoms with Gasteiger partial charge in [0.1, 0.15) is 17.6 Å². The van der Waals surface area contributed by atoms with Crippen LogP contribution in [0.25, 0.3) is 0 Å². The van der Waals surface area contributed by atoms with Gasteiger partial charge in [0.2, 0.25) is 0 Å². The summed E-state index contributed by atoms with van der Waals surface area (Å²) in [6, 6.07) is 14.0. The van der Waals surface area contributed by atoms with Crippen LogP contribution < -0.4 is 31.4 Å². The van der Waals surface area contributed by atoms with Gasteiger partial charge in [-0.3, -0.25) is 35.6 Å². The summed E-state index contributed by atoms with van der Waals surface area (Å²) in [6.07, 6.45) is 1.49. The van der Waals surface area contributed by atoms with Crippen molar-refractivity contribution in [3.05, 3.63) is 83.2 Å². The maximum Gasteiger partial charge on any atom is 0.288 e. The van der Waals surface area contributed by atoms with Gasteiger partial charge in [-0.25, -0.2) is 0 Å². The van der Waals surface area contributed by atoms with E-state index in [-0.39, 0.29) is 24.0 Å². The fourth-order valence-corrected chi connectivity index (χ4v) is 3.55. The van der Waals surface area contributed by atoms with Gasteiger partial charge in [-0.05, 0) is 67.4 Å². The van der Waals surface area contributed by atoms with E-state index in [1.165, 1.54) is 11.1 Å². The zero-order valence-corrected chi connectivity index (χ0v) is 22.8. The summed E-state index contributed by atoms with van der Waals surface area (Å²) in [5.74, 6) is -0.774. The number of hydrogen-bond donors (Lipinski definition) is 5. The van der Waals surface area contributed by atoms with Crippen molar-refractivity contribution in [2.24, 2.45) is 5.73 Å². The van der Waals surface area contributed by atoms with Gasteiger partial charge in [0.05, 0.1) is 6.61 Å². The standard InChI is InChI=1S/C28H33N7O5/c1-5-39-22-15-19(10-13-21(22)40-16-23(36)35(3)4)25(32-20-11-8-18(9-12-20)26(29)30)28(38)34-33-27(37)24-17(2)7-6-14-31-24/h6-15,25,32H,5,16H2,1-4H3,(H3,29,30)(H,33,37)(H,34,38). The Hall–Kier alpha value is -5.13. The molecule has 12 nitrogen and oxygen atoms in total. The predicted molar refractivity (Wildman–Crippen MR) is 150 cm³/mol. The third-order valence-corrected chi connectivity index (χ3v) is 5.74. The summed E-state index contributed by atoms with van der Waals surface area (Å²) in [7, 11) is 3.26. The number of amides is 3. The zero-order chi connectivity index (χ0) is 29.2. The molecule has 2 aromatic carbocycles. The van der Waals surface area contributed by atoms with E-state index < -0.39 is 17.9 Å². The Balaban J connectivity index is 1.89. The highest BCUT2D eigenvalue weighted by Crippen LogP contribution is 2.32. The molecular weight excluding hydrogens is 514 g/mol. The molecule has 3 amide bonds. The van der Waals surface area contributed by atoms with E-state index in [1.807, 2.05) is 0 Å². The number of pyridine rings is 1. The number of aromatic nitrogens is 1. The smallest absolute Gasteiger partial charge is 0.288 e. The summed E-state index contributed by atoms with van der Waals surface area (Å²) in [5, 5.41) is 10.7. The van der Waals surface area contributed by atoms with Crippen LogP contribution in [0.4, 0.5) is 5.69 Å². The van der Waals surface area contributed by atoms with E-state index >= 15 is 0 Å². The fraction of sp³-hybridized carbons (Fsp3) is 0.250. The normalized spacial score (nSPS) is 11.1. The number of benzene rings is 2. The number of nitrogen functional groups attached to an aromatic ring is 1. The van der Waals surface area contributed by atoms with E-state index in [0.717, 1.165) is 0 Å². The molecule has 40 heavy (non-hydrogen) atoms. The molecule has 12 heteroatoms. The first-order chi connectivity index (χ1) is 19.1. The molecule has 1 atom stereocenters. The third-order valence-electron chi connectivity index (χ3n) is 5.74. The third kappa shape index (κ3) is 7.69. The van der Waals surface area contributed by atoms with Crippen molar-refractivity contribution >= 4 is 29.2 Å². The van der Waals surface area contributed by atoms with Crippen LogP contribution in [0.3, 0.4) is 0 Å². The number of nitrogens with zero attached hydrogens (tertiary/aromatic N) is 2. The SMILES string of the molecule is CCOc1cc(C(Nc2ccc(C(=N)N)cc2)C(=O)NNC(=O)c2ncccc2C)ccc1OCC(=O)N(C)C.